The summed E-state index contributed by atoms with van der Waals surface area (Å²) >= 11 is 0. The maximum absolute atomic E-state index is 5.50. The van der Waals surface area contributed by atoms with E-state index in [0.717, 1.165) is 6.54 Å². The van der Waals surface area contributed by atoms with Gasteiger partial charge in [0.05, 0.1) is 5.52 Å². The van der Waals surface area contributed by atoms with E-state index in [9.17, 15) is 0 Å². The highest BCUT2D eigenvalue weighted by Gasteiger charge is 2.20. The normalized spacial score (nSPS) is 14.9. The topological polar surface area (TPSA) is 55.9 Å². The Hall–Kier alpha value is -2.14. The van der Waals surface area contributed by atoms with E-state index in [2.05, 4.69) is 50.5 Å². The quantitative estimate of drug-likeness (QED) is 0.781. The lowest BCUT2D eigenvalue weighted by Crippen LogP contribution is -2.16. The molecule has 0 aliphatic heterocycles. The minimum Gasteiger partial charge on any atom is -0.424 e. The molecule has 0 amide bonds. The number of nitrogens with zero attached hydrogens (tertiary/aromatic N) is 3. The zero-order valence-corrected chi connectivity index (χ0v) is 12.0. The maximum Gasteiger partial charge on any atom is 0.236 e. The first-order chi connectivity index (χ1) is 10.3. The van der Waals surface area contributed by atoms with Gasteiger partial charge >= 0.3 is 0 Å². The van der Waals surface area contributed by atoms with Gasteiger partial charge in [0.1, 0.15) is 6.54 Å². The van der Waals surface area contributed by atoms with Crippen molar-refractivity contribution >= 4 is 10.9 Å². The van der Waals surface area contributed by atoms with E-state index in [1.165, 1.54) is 29.3 Å². The van der Waals surface area contributed by atoms with Gasteiger partial charge in [0.2, 0.25) is 11.8 Å². The van der Waals surface area contributed by atoms with E-state index in [1.54, 1.807) is 0 Å². The van der Waals surface area contributed by atoms with E-state index in [1.807, 2.05) is 6.92 Å². The molecule has 1 saturated carbocycles. The van der Waals surface area contributed by atoms with Crippen LogP contribution in [0.3, 0.4) is 0 Å². The Morgan fingerprint density at radius 1 is 1.29 bits per heavy atom. The van der Waals surface area contributed by atoms with Crippen LogP contribution >= 0.6 is 0 Å². The molecule has 0 unspecified atom stereocenters. The van der Waals surface area contributed by atoms with Gasteiger partial charge in [-0.05, 0) is 29.9 Å². The van der Waals surface area contributed by atoms with Crippen molar-refractivity contribution in [2.24, 2.45) is 0 Å². The van der Waals surface area contributed by atoms with Crippen LogP contribution in [-0.2, 0) is 13.1 Å². The Balaban J connectivity index is 1.67. The molecule has 5 nitrogen and oxygen atoms in total. The Labute approximate surface area is 123 Å². The van der Waals surface area contributed by atoms with Gasteiger partial charge in [-0.15, -0.1) is 10.2 Å². The SMILES string of the molecule is Cc1nnc(Cn2ccc3cccc(CNC4CC4)c32)o1. The van der Waals surface area contributed by atoms with Crippen molar-refractivity contribution in [1.29, 1.82) is 0 Å². The maximum atomic E-state index is 5.50. The van der Waals surface area contributed by atoms with Gasteiger partial charge < -0.3 is 14.3 Å². The van der Waals surface area contributed by atoms with Gasteiger partial charge in [-0.1, -0.05) is 18.2 Å². The van der Waals surface area contributed by atoms with Crippen molar-refractivity contribution in [1.82, 2.24) is 20.1 Å². The number of aromatic nitrogens is 3. The first-order valence-electron chi connectivity index (χ1n) is 7.39. The fraction of sp³-hybridized carbons (Fsp3) is 0.375. The van der Waals surface area contributed by atoms with Crippen LogP contribution < -0.4 is 5.32 Å². The zero-order chi connectivity index (χ0) is 14.2. The van der Waals surface area contributed by atoms with Gasteiger partial charge in [0.25, 0.3) is 0 Å². The molecule has 0 saturated heterocycles. The molecule has 2 heterocycles. The van der Waals surface area contributed by atoms with Crippen molar-refractivity contribution in [2.75, 3.05) is 0 Å². The highest BCUT2D eigenvalue weighted by Crippen LogP contribution is 2.24. The van der Waals surface area contributed by atoms with Crippen LogP contribution in [0, 0.1) is 6.92 Å². The second-order valence-corrected chi connectivity index (χ2v) is 5.67. The van der Waals surface area contributed by atoms with Gasteiger partial charge in [-0.25, -0.2) is 0 Å². The van der Waals surface area contributed by atoms with Gasteiger partial charge in [-0.2, -0.15) is 0 Å². The molecule has 1 fully saturated rings. The predicted octanol–water partition coefficient (Wildman–Crippen LogP) is 2.63. The number of benzene rings is 1. The molecule has 1 aliphatic rings. The van der Waals surface area contributed by atoms with Crippen LogP contribution in [0.2, 0.25) is 0 Å². The summed E-state index contributed by atoms with van der Waals surface area (Å²) in [7, 11) is 0. The molecular formula is C16H18N4O. The molecule has 0 bridgehead atoms. The molecule has 0 radical (unpaired) electrons. The second kappa shape index (κ2) is 5.00. The second-order valence-electron chi connectivity index (χ2n) is 5.67. The Morgan fingerprint density at radius 2 is 2.19 bits per heavy atom. The van der Waals surface area contributed by atoms with Gasteiger partial charge in [-0.3, -0.25) is 0 Å². The number of aryl methyl sites for hydroxylation is 1. The van der Waals surface area contributed by atoms with E-state index in [-0.39, 0.29) is 0 Å². The van der Waals surface area contributed by atoms with Crippen molar-refractivity contribution in [3.8, 4) is 0 Å². The lowest BCUT2D eigenvalue weighted by atomic mass is 10.1. The largest absolute Gasteiger partial charge is 0.424 e. The predicted molar refractivity (Wildman–Crippen MR) is 79.9 cm³/mol. The molecule has 21 heavy (non-hydrogen) atoms. The van der Waals surface area contributed by atoms with Crippen LogP contribution in [0.1, 0.15) is 30.2 Å². The fourth-order valence-corrected chi connectivity index (χ4v) is 2.70. The molecule has 5 heteroatoms. The fourth-order valence-electron chi connectivity index (χ4n) is 2.70. The zero-order valence-electron chi connectivity index (χ0n) is 12.0. The monoisotopic (exact) mass is 282 g/mol. The van der Waals surface area contributed by atoms with Crippen molar-refractivity contribution in [3.05, 3.63) is 47.8 Å². The van der Waals surface area contributed by atoms with Crippen LogP contribution in [-0.4, -0.2) is 20.8 Å². The summed E-state index contributed by atoms with van der Waals surface area (Å²) in [6, 6.07) is 9.30. The molecule has 1 N–H and O–H groups in total. The van der Waals surface area contributed by atoms with E-state index >= 15 is 0 Å². The molecule has 108 valence electrons. The first kappa shape index (κ1) is 12.6. The summed E-state index contributed by atoms with van der Waals surface area (Å²) in [4.78, 5) is 0. The molecule has 4 rings (SSSR count). The summed E-state index contributed by atoms with van der Waals surface area (Å²) in [5.74, 6) is 1.26. The Kier molecular flexibility index (Phi) is 3.00. The summed E-state index contributed by atoms with van der Waals surface area (Å²) in [6.45, 7) is 3.34. The molecule has 2 aromatic heterocycles. The van der Waals surface area contributed by atoms with Gasteiger partial charge in [0.15, 0.2) is 0 Å². The van der Waals surface area contributed by atoms with Crippen molar-refractivity contribution < 1.29 is 4.42 Å². The number of fused-ring (bicyclic) bond motifs is 1. The summed E-state index contributed by atoms with van der Waals surface area (Å²) in [5, 5.41) is 12.8. The standard InChI is InChI=1S/C16H18N4O/c1-11-18-19-15(21-11)10-20-8-7-12-3-2-4-13(16(12)20)9-17-14-5-6-14/h2-4,7-8,14,17H,5-6,9-10H2,1H3. The molecular weight excluding hydrogens is 264 g/mol. The smallest absolute Gasteiger partial charge is 0.236 e. The Bertz CT molecular complexity index is 770. The number of hydrogen-bond acceptors (Lipinski definition) is 4. The van der Waals surface area contributed by atoms with Crippen LogP contribution in [0.25, 0.3) is 10.9 Å². The summed E-state index contributed by atoms with van der Waals surface area (Å²) < 4.78 is 7.68. The lowest BCUT2D eigenvalue weighted by molar-refractivity contribution is 0.457. The van der Waals surface area contributed by atoms with Crippen molar-refractivity contribution in [3.63, 3.8) is 0 Å². The third kappa shape index (κ3) is 2.56. The van der Waals surface area contributed by atoms with Gasteiger partial charge in [0, 0.05) is 25.7 Å². The van der Waals surface area contributed by atoms with Crippen LogP contribution in [0.5, 0.6) is 0 Å². The first-order valence-corrected chi connectivity index (χ1v) is 7.39. The van der Waals surface area contributed by atoms with E-state index < -0.39 is 0 Å². The number of para-hydroxylation sites is 1. The average Bonchev–Trinajstić information content (AvgIpc) is 3.10. The van der Waals surface area contributed by atoms with Crippen LogP contribution in [0.15, 0.2) is 34.9 Å². The number of hydrogen-bond donors (Lipinski definition) is 1. The molecule has 0 atom stereocenters. The Morgan fingerprint density at radius 3 is 2.95 bits per heavy atom. The van der Waals surface area contributed by atoms with E-state index in [4.69, 9.17) is 4.42 Å². The van der Waals surface area contributed by atoms with Crippen molar-refractivity contribution in [2.45, 2.75) is 38.9 Å². The molecule has 1 aromatic carbocycles. The number of nitrogens with one attached hydrogen (secondary N) is 1. The lowest BCUT2D eigenvalue weighted by Gasteiger charge is -2.09. The van der Waals surface area contributed by atoms with E-state index in [0.29, 0.717) is 24.4 Å². The highest BCUT2D eigenvalue weighted by atomic mass is 16.4. The summed E-state index contributed by atoms with van der Waals surface area (Å²) in [6.07, 6.45) is 4.70. The highest BCUT2D eigenvalue weighted by molar-refractivity contribution is 5.83. The number of rotatable bonds is 5. The minimum absolute atomic E-state index is 0.608. The summed E-state index contributed by atoms with van der Waals surface area (Å²) in [5.41, 5.74) is 2.57. The third-order valence-corrected chi connectivity index (χ3v) is 3.90. The molecule has 1 aliphatic carbocycles. The minimum atomic E-state index is 0.608. The average molecular weight is 282 g/mol. The molecule has 0 spiro atoms. The third-order valence-electron chi connectivity index (χ3n) is 3.90. The molecule has 3 aromatic rings. The van der Waals surface area contributed by atoms with Crippen LogP contribution in [0.4, 0.5) is 0 Å².